The largest absolute Gasteiger partial charge is 0.459 e. The number of rotatable bonds is 3. The minimum absolute atomic E-state index is 0.0375. The van der Waals surface area contributed by atoms with Crippen molar-refractivity contribution in [3.05, 3.63) is 33.8 Å². The normalized spacial score (nSPS) is 10.3. The summed E-state index contributed by atoms with van der Waals surface area (Å²) in [6.45, 7) is 5.05. The summed E-state index contributed by atoms with van der Waals surface area (Å²) >= 11 is 3.25. The van der Waals surface area contributed by atoms with E-state index in [-0.39, 0.29) is 11.9 Å². The second kappa shape index (κ2) is 5.25. The van der Waals surface area contributed by atoms with Gasteiger partial charge in [0.1, 0.15) is 0 Å². The molecule has 86 valence electrons. The number of ketones is 1. The zero-order valence-electron chi connectivity index (χ0n) is 9.41. The third-order valence-corrected chi connectivity index (χ3v) is 2.59. The average Bonchev–Trinajstić information content (AvgIpc) is 2.15. The lowest BCUT2D eigenvalue weighted by molar-refractivity contribution is 0.0376. The number of benzene rings is 1. The third-order valence-electron chi connectivity index (χ3n) is 1.94. The van der Waals surface area contributed by atoms with E-state index in [0.29, 0.717) is 15.6 Å². The van der Waals surface area contributed by atoms with Crippen molar-refractivity contribution < 1.29 is 14.3 Å². The summed E-state index contributed by atoms with van der Waals surface area (Å²) < 4.78 is 5.64. The standard InChI is InChI=1S/C12H13BrO3/c1-7(2)16-12(15)10-5-4-9(8(3)14)6-11(10)13/h4-7H,1-3H3. The lowest BCUT2D eigenvalue weighted by Gasteiger charge is -2.09. The minimum atomic E-state index is -0.392. The predicted octanol–water partition coefficient (Wildman–Crippen LogP) is 3.22. The fourth-order valence-corrected chi connectivity index (χ4v) is 1.72. The van der Waals surface area contributed by atoms with Gasteiger partial charge in [-0.2, -0.15) is 0 Å². The quantitative estimate of drug-likeness (QED) is 0.632. The molecule has 0 unspecified atom stereocenters. The highest BCUT2D eigenvalue weighted by atomic mass is 79.9. The molecule has 0 fully saturated rings. The highest BCUT2D eigenvalue weighted by molar-refractivity contribution is 9.10. The van der Waals surface area contributed by atoms with E-state index in [4.69, 9.17) is 4.74 Å². The van der Waals surface area contributed by atoms with Gasteiger partial charge in [-0.3, -0.25) is 4.79 Å². The Labute approximate surface area is 103 Å². The maximum Gasteiger partial charge on any atom is 0.339 e. The molecule has 1 aromatic carbocycles. The number of Topliss-reactive ketones (excluding diaryl/α,β-unsaturated/α-hetero) is 1. The fourth-order valence-electron chi connectivity index (χ4n) is 1.18. The molecule has 3 nitrogen and oxygen atoms in total. The molecule has 0 heterocycles. The van der Waals surface area contributed by atoms with Gasteiger partial charge in [-0.05, 0) is 48.8 Å². The van der Waals surface area contributed by atoms with Gasteiger partial charge in [-0.25, -0.2) is 4.79 Å². The maximum atomic E-state index is 11.6. The van der Waals surface area contributed by atoms with Crippen LogP contribution in [0, 0.1) is 0 Å². The van der Waals surface area contributed by atoms with Crippen molar-refractivity contribution in [2.45, 2.75) is 26.9 Å². The van der Waals surface area contributed by atoms with Crippen LogP contribution in [0.4, 0.5) is 0 Å². The van der Waals surface area contributed by atoms with Crippen LogP contribution < -0.4 is 0 Å². The predicted molar refractivity (Wildman–Crippen MR) is 64.7 cm³/mol. The minimum Gasteiger partial charge on any atom is -0.459 e. The monoisotopic (exact) mass is 284 g/mol. The van der Waals surface area contributed by atoms with E-state index in [1.807, 2.05) is 0 Å². The molecule has 0 bridgehead atoms. The molecule has 0 saturated carbocycles. The van der Waals surface area contributed by atoms with Gasteiger partial charge in [0.25, 0.3) is 0 Å². The number of hydrogen-bond donors (Lipinski definition) is 0. The molecule has 0 aliphatic rings. The lowest BCUT2D eigenvalue weighted by atomic mass is 10.1. The average molecular weight is 285 g/mol. The highest BCUT2D eigenvalue weighted by Gasteiger charge is 2.14. The van der Waals surface area contributed by atoms with E-state index < -0.39 is 5.97 Å². The van der Waals surface area contributed by atoms with Crippen LogP contribution in [-0.4, -0.2) is 17.9 Å². The second-order valence-electron chi connectivity index (χ2n) is 3.70. The molecule has 16 heavy (non-hydrogen) atoms. The van der Waals surface area contributed by atoms with Gasteiger partial charge >= 0.3 is 5.97 Å². The molecule has 0 aliphatic carbocycles. The Bertz CT molecular complexity index is 424. The van der Waals surface area contributed by atoms with Crippen molar-refractivity contribution >= 4 is 27.7 Å². The molecule has 0 aliphatic heterocycles. The Morgan fingerprint density at radius 2 is 1.94 bits per heavy atom. The fraction of sp³-hybridized carbons (Fsp3) is 0.333. The molecule has 0 N–H and O–H groups in total. The number of halogens is 1. The number of carbonyl (C=O) groups excluding carboxylic acids is 2. The van der Waals surface area contributed by atoms with Gasteiger partial charge in [-0.15, -0.1) is 0 Å². The van der Waals surface area contributed by atoms with Crippen LogP contribution in [-0.2, 0) is 4.74 Å². The van der Waals surface area contributed by atoms with Gasteiger partial charge in [0.05, 0.1) is 11.7 Å². The molecular formula is C12H13BrO3. The molecule has 1 aromatic rings. The molecule has 4 heteroatoms. The van der Waals surface area contributed by atoms with Crippen molar-refractivity contribution in [2.75, 3.05) is 0 Å². The SMILES string of the molecule is CC(=O)c1ccc(C(=O)OC(C)C)c(Br)c1. The Balaban J connectivity index is 2.99. The molecule has 0 atom stereocenters. The summed E-state index contributed by atoms with van der Waals surface area (Å²) in [6.07, 6.45) is -0.160. The highest BCUT2D eigenvalue weighted by Crippen LogP contribution is 2.20. The molecule has 0 radical (unpaired) electrons. The first kappa shape index (κ1) is 12.9. The first-order valence-electron chi connectivity index (χ1n) is 4.93. The summed E-state index contributed by atoms with van der Waals surface area (Å²) in [6, 6.07) is 4.83. The van der Waals surface area contributed by atoms with Gasteiger partial charge < -0.3 is 4.74 Å². The summed E-state index contributed by atoms with van der Waals surface area (Å²) in [5, 5.41) is 0. The van der Waals surface area contributed by atoms with Crippen LogP contribution in [0.5, 0.6) is 0 Å². The molecule has 0 saturated heterocycles. The lowest BCUT2D eigenvalue weighted by Crippen LogP contribution is -2.12. The summed E-state index contributed by atoms with van der Waals surface area (Å²) in [5.41, 5.74) is 0.992. The van der Waals surface area contributed by atoms with E-state index in [2.05, 4.69) is 15.9 Å². The van der Waals surface area contributed by atoms with Gasteiger partial charge in [0, 0.05) is 10.0 Å². The van der Waals surface area contributed by atoms with E-state index in [9.17, 15) is 9.59 Å². The van der Waals surface area contributed by atoms with Gasteiger partial charge in [0.2, 0.25) is 0 Å². The van der Waals surface area contributed by atoms with Gasteiger partial charge in [0.15, 0.2) is 5.78 Å². The van der Waals surface area contributed by atoms with E-state index in [0.717, 1.165) is 0 Å². The van der Waals surface area contributed by atoms with Crippen LogP contribution in [0.2, 0.25) is 0 Å². The third kappa shape index (κ3) is 3.17. The summed E-state index contributed by atoms with van der Waals surface area (Å²) in [5.74, 6) is -0.429. The topological polar surface area (TPSA) is 43.4 Å². The van der Waals surface area contributed by atoms with Crippen molar-refractivity contribution in [3.8, 4) is 0 Å². The van der Waals surface area contributed by atoms with Crippen molar-refractivity contribution in [1.29, 1.82) is 0 Å². The molecule has 0 spiro atoms. The summed E-state index contributed by atoms with van der Waals surface area (Å²) in [7, 11) is 0. The molecular weight excluding hydrogens is 272 g/mol. The maximum absolute atomic E-state index is 11.6. The van der Waals surface area contributed by atoms with Crippen LogP contribution in [0.15, 0.2) is 22.7 Å². The first-order chi connectivity index (χ1) is 7.41. The van der Waals surface area contributed by atoms with E-state index in [1.54, 1.807) is 32.0 Å². The van der Waals surface area contributed by atoms with Crippen LogP contribution >= 0.6 is 15.9 Å². The Kier molecular flexibility index (Phi) is 4.24. The van der Waals surface area contributed by atoms with E-state index >= 15 is 0 Å². The number of hydrogen-bond acceptors (Lipinski definition) is 3. The molecule has 1 rings (SSSR count). The smallest absolute Gasteiger partial charge is 0.339 e. The number of ether oxygens (including phenoxy) is 1. The molecule has 0 amide bonds. The van der Waals surface area contributed by atoms with Crippen molar-refractivity contribution in [1.82, 2.24) is 0 Å². The Morgan fingerprint density at radius 1 is 1.31 bits per heavy atom. The van der Waals surface area contributed by atoms with Crippen LogP contribution in [0.1, 0.15) is 41.5 Å². The van der Waals surface area contributed by atoms with Crippen LogP contribution in [0.25, 0.3) is 0 Å². The van der Waals surface area contributed by atoms with E-state index in [1.165, 1.54) is 6.92 Å². The zero-order valence-corrected chi connectivity index (χ0v) is 11.0. The second-order valence-corrected chi connectivity index (χ2v) is 4.56. The first-order valence-corrected chi connectivity index (χ1v) is 5.72. The van der Waals surface area contributed by atoms with Crippen LogP contribution in [0.3, 0.4) is 0 Å². The van der Waals surface area contributed by atoms with Gasteiger partial charge in [-0.1, -0.05) is 6.07 Å². The zero-order chi connectivity index (χ0) is 12.3. The van der Waals surface area contributed by atoms with Crippen molar-refractivity contribution in [3.63, 3.8) is 0 Å². The Morgan fingerprint density at radius 3 is 2.38 bits per heavy atom. The van der Waals surface area contributed by atoms with Crippen molar-refractivity contribution in [2.24, 2.45) is 0 Å². The molecule has 0 aromatic heterocycles. The number of esters is 1. The number of carbonyl (C=O) groups is 2. The Hall–Kier alpha value is -1.16. The summed E-state index contributed by atoms with van der Waals surface area (Å²) in [4.78, 5) is 22.7.